The van der Waals surface area contributed by atoms with Crippen LogP contribution in [0, 0.1) is 0 Å². The summed E-state index contributed by atoms with van der Waals surface area (Å²) in [5.74, 6) is -0.567. The van der Waals surface area contributed by atoms with Crippen molar-refractivity contribution in [2.24, 2.45) is 0 Å². The molecule has 150 valence electrons. The highest BCUT2D eigenvalue weighted by atomic mass is 35.5. The number of nitrogens with one attached hydrogen (secondary N) is 1. The van der Waals surface area contributed by atoms with Gasteiger partial charge in [-0.05, 0) is 55.4 Å². The van der Waals surface area contributed by atoms with E-state index in [-0.39, 0.29) is 6.04 Å². The van der Waals surface area contributed by atoms with Crippen LogP contribution in [0.2, 0.25) is 5.02 Å². The van der Waals surface area contributed by atoms with Gasteiger partial charge >= 0.3 is 6.18 Å². The Kier molecular flexibility index (Phi) is 5.84. The molecule has 1 heterocycles. The molecular weight excluding hydrogens is 393 g/mol. The van der Waals surface area contributed by atoms with E-state index in [0.717, 1.165) is 24.8 Å². The van der Waals surface area contributed by atoms with Crippen LogP contribution >= 0.6 is 11.6 Å². The Morgan fingerprint density at radius 1 is 1.21 bits per heavy atom. The molecule has 0 saturated carbocycles. The number of nitrogens with zero attached hydrogens (tertiary/aromatic N) is 1. The van der Waals surface area contributed by atoms with Gasteiger partial charge in [0.2, 0.25) is 5.91 Å². The molecule has 1 aliphatic rings. The molecule has 2 aromatic rings. The molecule has 1 N–H and O–H groups in total. The first kappa shape index (κ1) is 20.5. The van der Waals surface area contributed by atoms with Crippen LogP contribution in [0.15, 0.2) is 35.3 Å². The van der Waals surface area contributed by atoms with Crippen molar-refractivity contribution in [2.45, 2.75) is 51.4 Å². The number of carbonyl (C=O) groups is 1. The number of alkyl halides is 3. The molecule has 1 aromatic carbocycles. The summed E-state index contributed by atoms with van der Waals surface area (Å²) in [6, 6.07) is 6.30. The quantitative estimate of drug-likeness (QED) is 0.815. The van der Waals surface area contributed by atoms with Crippen LogP contribution in [-0.4, -0.2) is 10.5 Å². The zero-order chi connectivity index (χ0) is 20.5. The Balaban J connectivity index is 1.74. The minimum Gasteiger partial charge on any atom is -0.348 e. The molecule has 1 aliphatic carbocycles. The number of fused-ring (bicyclic) bond motifs is 1. The molecular formula is C20H20ClF3N2O2. The zero-order valence-electron chi connectivity index (χ0n) is 15.3. The van der Waals surface area contributed by atoms with Crippen molar-refractivity contribution < 1.29 is 18.0 Å². The third-order valence-corrected chi connectivity index (χ3v) is 5.20. The zero-order valence-corrected chi connectivity index (χ0v) is 16.0. The Morgan fingerprint density at radius 2 is 1.89 bits per heavy atom. The van der Waals surface area contributed by atoms with Gasteiger partial charge in [-0.15, -0.1) is 0 Å². The summed E-state index contributed by atoms with van der Waals surface area (Å²) in [6.45, 7) is 1.25. The van der Waals surface area contributed by atoms with Crippen molar-refractivity contribution in [1.29, 1.82) is 0 Å². The molecule has 4 nitrogen and oxygen atoms in total. The standard InChI is InChI=1S/C20H20ClF3N2O2/c1-12(14-7-6-13-4-2-3-5-15(13)8-14)25-18(27)11-26-10-16(20(22,23)24)9-17(21)19(26)28/h6-10,12H,2-5,11H2,1H3,(H,25,27)/t12-/m0/s1. The second kappa shape index (κ2) is 7.99. The highest BCUT2D eigenvalue weighted by molar-refractivity contribution is 6.30. The lowest BCUT2D eigenvalue weighted by molar-refractivity contribution is -0.138. The number of benzene rings is 1. The fourth-order valence-corrected chi connectivity index (χ4v) is 3.65. The van der Waals surface area contributed by atoms with Crippen molar-refractivity contribution in [2.75, 3.05) is 0 Å². The summed E-state index contributed by atoms with van der Waals surface area (Å²) < 4.78 is 39.4. The van der Waals surface area contributed by atoms with Crippen LogP contribution in [0.1, 0.15) is 48.1 Å². The van der Waals surface area contributed by atoms with Gasteiger partial charge in [-0.25, -0.2) is 0 Å². The van der Waals surface area contributed by atoms with Crippen molar-refractivity contribution in [1.82, 2.24) is 9.88 Å². The lowest BCUT2D eigenvalue weighted by Crippen LogP contribution is -2.34. The van der Waals surface area contributed by atoms with Gasteiger partial charge in [0.15, 0.2) is 0 Å². The maximum atomic E-state index is 12.9. The van der Waals surface area contributed by atoms with E-state index in [4.69, 9.17) is 11.6 Å². The minimum atomic E-state index is -4.66. The number of amides is 1. The van der Waals surface area contributed by atoms with Gasteiger partial charge in [0, 0.05) is 6.20 Å². The van der Waals surface area contributed by atoms with Gasteiger partial charge in [-0.1, -0.05) is 29.8 Å². The smallest absolute Gasteiger partial charge is 0.348 e. The van der Waals surface area contributed by atoms with Crippen LogP contribution in [-0.2, 0) is 30.4 Å². The monoisotopic (exact) mass is 412 g/mol. The van der Waals surface area contributed by atoms with Crippen molar-refractivity contribution in [3.8, 4) is 0 Å². The molecule has 0 saturated heterocycles. The molecule has 1 amide bonds. The summed E-state index contributed by atoms with van der Waals surface area (Å²) in [5.41, 5.74) is 1.59. The van der Waals surface area contributed by atoms with Gasteiger partial charge < -0.3 is 9.88 Å². The van der Waals surface area contributed by atoms with Crippen LogP contribution < -0.4 is 10.9 Å². The van der Waals surface area contributed by atoms with Crippen LogP contribution in [0.3, 0.4) is 0 Å². The third kappa shape index (κ3) is 4.58. The molecule has 3 rings (SSSR count). The van der Waals surface area contributed by atoms with Crippen LogP contribution in [0.4, 0.5) is 13.2 Å². The van der Waals surface area contributed by atoms with E-state index in [0.29, 0.717) is 16.8 Å². The molecule has 0 unspecified atom stereocenters. The Morgan fingerprint density at radius 3 is 2.57 bits per heavy atom. The number of hydrogen-bond donors (Lipinski definition) is 1. The van der Waals surface area contributed by atoms with E-state index < -0.39 is 34.8 Å². The van der Waals surface area contributed by atoms with E-state index in [1.54, 1.807) is 6.92 Å². The number of halogens is 4. The first-order valence-corrected chi connectivity index (χ1v) is 9.41. The second-order valence-electron chi connectivity index (χ2n) is 7.03. The van der Waals surface area contributed by atoms with Gasteiger partial charge in [0.05, 0.1) is 11.6 Å². The largest absolute Gasteiger partial charge is 0.417 e. The number of pyridine rings is 1. The van der Waals surface area contributed by atoms with Gasteiger partial charge in [-0.3, -0.25) is 9.59 Å². The van der Waals surface area contributed by atoms with Crippen LogP contribution in [0.25, 0.3) is 0 Å². The Hall–Kier alpha value is -2.28. The average molecular weight is 413 g/mol. The SMILES string of the molecule is C[C@H](NC(=O)Cn1cc(C(F)(F)F)cc(Cl)c1=O)c1ccc2c(c1)CCCC2. The summed E-state index contributed by atoms with van der Waals surface area (Å²) in [4.78, 5) is 24.3. The number of aromatic nitrogens is 1. The Labute approximate surface area is 165 Å². The molecule has 0 fully saturated rings. The molecule has 0 radical (unpaired) electrons. The molecule has 1 aromatic heterocycles. The van der Waals surface area contributed by atoms with E-state index >= 15 is 0 Å². The fraction of sp³-hybridized carbons (Fsp3) is 0.400. The normalized spacial score (nSPS) is 15.0. The van der Waals surface area contributed by atoms with Gasteiger partial charge in [0.25, 0.3) is 5.56 Å². The van der Waals surface area contributed by atoms with E-state index in [2.05, 4.69) is 17.4 Å². The van der Waals surface area contributed by atoms with Crippen molar-refractivity contribution in [3.05, 3.63) is 68.1 Å². The number of aryl methyl sites for hydroxylation is 2. The lowest BCUT2D eigenvalue weighted by atomic mass is 9.89. The summed E-state index contributed by atoms with van der Waals surface area (Å²) in [6.07, 6.45) is 0.310. The number of carbonyl (C=O) groups excluding carboxylic acids is 1. The first-order chi connectivity index (χ1) is 13.1. The molecule has 8 heteroatoms. The summed E-state index contributed by atoms with van der Waals surface area (Å²) in [5, 5.41) is 2.15. The highest BCUT2D eigenvalue weighted by Gasteiger charge is 2.32. The fourth-order valence-electron chi connectivity index (χ4n) is 3.42. The van der Waals surface area contributed by atoms with E-state index in [9.17, 15) is 22.8 Å². The first-order valence-electron chi connectivity index (χ1n) is 9.03. The molecule has 0 bridgehead atoms. The minimum absolute atomic E-state index is 0.336. The summed E-state index contributed by atoms with van der Waals surface area (Å²) in [7, 11) is 0. The van der Waals surface area contributed by atoms with Crippen LogP contribution in [0.5, 0.6) is 0 Å². The highest BCUT2D eigenvalue weighted by Crippen LogP contribution is 2.29. The summed E-state index contributed by atoms with van der Waals surface area (Å²) >= 11 is 5.61. The van der Waals surface area contributed by atoms with Crippen molar-refractivity contribution in [3.63, 3.8) is 0 Å². The van der Waals surface area contributed by atoms with E-state index in [1.807, 2.05) is 6.07 Å². The number of rotatable bonds is 4. The van der Waals surface area contributed by atoms with Gasteiger partial charge in [0.1, 0.15) is 11.6 Å². The maximum Gasteiger partial charge on any atom is 0.417 e. The second-order valence-corrected chi connectivity index (χ2v) is 7.44. The maximum absolute atomic E-state index is 12.9. The van der Waals surface area contributed by atoms with E-state index in [1.165, 1.54) is 17.5 Å². The molecule has 1 atom stereocenters. The van der Waals surface area contributed by atoms with Crippen molar-refractivity contribution >= 4 is 17.5 Å². The molecule has 0 spiro atoms. The topological polar surface area (TPSA) is 51.1 Å². The number of hydrogen-bond acceptors (Lipinski definition) is 2. The predicted octanol–water partition coefficient (Wildman–Crippen LogP) is 4.28. The lowest BCUT2D eigenvalue weighted by Gasteiger charge is -2.20. The average Bonchev–Trinajstić information content (AvgIpc) is 2.64. The Bertz CT molecular complexity index is 953. The molecule has 28 heavy (non-hydrogen) atoms. The van der Waals surface area contributed by atoms with Gasteiger partial charge in [-0.2, -0.15) is 13.2 Å². The third-order valence-electron chi connectivity index (χ3n) is 4.93. The predicted molar refractivity (Wildman–Crippen MR) is 100 cm³/mol. The molecule has 0 aliphatic heterocycles.